The van der Waals surface area contributed by atoms with E-state index in [-0.39, 0.29) is 0 Å². The zero-order chi connectivity index (χ0) is 10.7. The normalized spacial score (nSPS) is 18.9. The molecule has 1 heterocycles. The van der Waals surface area contributed by atoms with Gasteiger partial charge in [0.2, 0.25) is 0 Å². The zero-order valence-electron chi connectivity index (χ0n) is 9.45. The van der Waals surface area contributed by atoms with Crippen molar-refractivity contribution in [1.82, 2.24) is 0 Å². The monoisotopic (exact) mass is 206 g/mol. The van der Waals surface area contributed by atoms with E-state index in [2.05, 4.69) is 25.1 Å². The van der Waals surface area contributed by atoms with Gasteiger partial charge in [-0.05, 0) is 38.3 Å². The van der Waals surface area contributed by atoms with Crippen LogP contribution in [0, 0.1) is 6.92 Å². The minimum absolute atomic E-state index is 0.500. The van der Waals surface area contributed by atoms with Crippen LogP contribution in [-0.4, -0.2) is 19.3 Å². The Morgan fingerprint density at radius 2 is 2.27 bits per heavy atom. The molecule has 1 aliphatic rings. The van der Waals surface area contributed by atoms with E-state index in [0.29, 0.717) is 6.10 Å². The lowest BCUT2D eigenvalue weighted by atomic mass is 10.0. The van der Waals surface area contributed by atoms with Crippen LogP contribution in [0.2, 0.25) is 0 Å². The van der Waals surface area contributed by atoms with Gasteiger partial charge in [0.25, 0.3) is 0 Å². The van der Waals surface area contributed by atoms with Gasteiger partial charge in [-0.15, -0.1) is 0 Å². The van der Waals surface area contributed by atoms with E-state index in [1.165, 1.54) is 11.1 Å². The first-order valence-corrected chi connectivity index (χ1v) is 5.63. The largest absolute Gasteiger partial charge is 0.494 e. The van der Waals surface area contributed by atoms with Crippen LogP contribution in [-0.2, 0) is 11.2 Å². The molecule has 15 heavy (non-hydrogen) atoms. The summed E-state index contributed by atoms with van der Waals surface area (Å²) < 4.78 is 10.8. The zero-order valence-corrected chi connectivity index (χ0v) is 9.45. The minimum Gasteiger partial charge on any atom is -0.494 e. The molecule has 2 nitrogen and oxygen atoms in total. The van der Waals surface area contributed by atoms with Gasteiger partial charge >= 0.3 is 0 Å². The number of benzene rings is 1. The second-order valence-corrected chi connectivity index (χ2v) is 4.04. The molecule has 0 radical (unpaired) electrons. The van der Waals surface area contributed by atoms with Gasteiger partial charge in [-0.2, -0.15) is 0 Å². The summed E-state index contributed by atoms with van der Waals surface area (Å²) in [6, 6.07) is 6.39. The van der Waals surface area contributed by atoms with Crippen molar-refractivity contribution in [3.05, 3.63) is 29.3 Å². The van der Waals surface area contributed by atoms with Crippen molar-refractivity contribution in [3.63, 3.8) is 0 Å². The molecule has 2 heteroatoms. The van der Waals surface area contributed by atoms with Crippen LogP contribution in [0.25, 0.3) is 0 Å². The minimum atomic E-state index is 0.500. The highest BCUT2D eigenvalue weighted by molar-refractivity contribution is 5.37. The summed E-state index contributed by atoms with van der Waals surface area (Å²) in [6.07, 6.45) is 2.67. The topological polar surface area (TPSA) is 21.8 Å². The second-order valence-electron chi connectivity index (χ2n) is 4.04. The van der Waals surface area contributed by atoms with Crippen LogP contribution in [0.15, 0.2) is 18.2 Å². The van der Waals surface area contributed by atoms with Gasteiger partial charge in [0.15, 0.2) is 0 Å². The van der Waals surface area contributed by atoms with E-state index in [1.807, 2.05) is 6.92 Å². The Bertz CT molecular complexity index is 329. The summed E-state index contributed by atoms with van der Waals surface area (Å²) in [6.45, 7) is 5.81. The number of hydrogen-bond acceptors (Lipinski definition) is 2. The van der Waals surface area contributed by atoms with E-state index in [9.17, 15) is 0 Å². The lowest BCUT2D eigenvalue weighted by Crippen LogP contribution is -1.99. The number of aryl methyl sites for hydroxylation is 2. The Morgan fingerprint density at radius 3 is 2.93 bits per heavy atom. The van der Waals surface area contributed by atoms with Crippen molar-refractivity contribution < 1.29 is 9.47 Å². The van der Waals surface area contributed by atoms with E-state index >= 15 is 0 Å². The van der Waals surface area contributed by atoms with Gasteiger partial charge in [-0.25, -0.2) is 0 Å². The first-order chi connectivity index (χ1) is 7.29. The third kappa shape index (κ3) is 2.96. The molecule has 0 saturated carbocycles. The molecule has 1 saturated heterocycles. The van der Waals surface area contributed by atoms with E-state index < -0.39 is 0 Å². The Kier molecular flexibility index (Phi) is 3.27. The summed E-state index contributed by atoms with van der Waals surface area (Å²) in [5, 5.41) is 0. The van der Waals surface area contributed by atoms with Crippen LogP contribution >= 0.6 is 0 Å². The second kappa shape index (κ2) is 4.67. The maximum absolute atomic E-state index is 5.60. The Balaban J connectivity index is 2.05. The fourth-order valence-corrected chi connectivity index (χ4v) is 1.75. The highest BCUT2D eigenvalue weighted by atomic mass is 16.6. The molecule has 1 fully saturated rings. The van der Waals surface area contributed by atoms with Crippen molar-refractivity contribution in [3.8, 4) is 5.75 Å². The van der Waals surface area contributed by atoms with Crippen molar-refractivity contribution in [1.29, 1.82) is 0 Å². The first kappa shape index (κ1) is 10.5. The quantitative estimate of drug-likeness (QED) is 0.691. The van der Waals surface area contributed by atoms with E-state index in [0.717, 1.165) is 31.8 Å². The summed E-state index contributed by atoms with van der Waals surface area (Å²) in [5.41, 5.74) is 2.61. The summed E-state index contributed by atoms with van der Waals surface area (Å²) in [5.74, 6) is 1.03. The molecule has 0 aromatic heterocycles. The molecule has 1 aliphatic heterocycles. The van der Waals surface area contributed by atoms with Crippen molar-refractivity contribution >= 4 is 0 Å². The van der Waals surface area contributed by atoms with Crippen LogP contribution in [0.1, 0.15) is 24.5 Å². The number of ether oxygens (including phenoxy) is 2. The number of hydrogen-bond donors (Lipinski definition) is 0. The van der Waals surface area contributed by atoms with Gasteiger partial charge < -0.3 is 9.47 Å². The van der Waals surface area contributed by atoms with E-state index in [1.54, 1.807) is 0 Å². The smallest absolute Gasteiger partial charge is 0.122 e. The predicted molar refractivity (Wildman–Crippen MR) is 60.4 cm³/mol. The van der Waals surface area contributed by atoms with Gasteiger partial charge in [0.05, 0.1) is 19.3 Å². The van der Waals surface area contributed by atoms with Gasteiger partial charge in [-0.1, -0.05) is 17.7 Å². The Labute approximate surface area is 91.2 Å². The summed E-state index contributed by atoms with van der Waals surface area (Å²) in [4.78, 5) is 0. The average Bonchev–Trinajstić information content (AvgIpc) is 3.02. The standard InChI is InChI=1S/C13H18O2/c1-3-14-13-7-4-10(2)8-11(13)5-6-12-9-15-12/h4,7-8,12H,3,5-6,9H2,1-2H3. The van der Waals surface area contributed by atoms with E-state index in [4.69, 9.17) is 9.47 Å². The molecule has 1 aromatic carbocycles. The van der Waals surface area contributed by atoms with Crippen LogP contribution in [0.3, 0.4) is 0 Å². The Morgan fingerprint density at radius 1 is 1.47 bits per heavy atom. The maximum Gasteiger partial charge on any atom is 0.122 e. The highest BCUT2D eigenvalue weighted by Gasteiger charge is 2.22. The van der Waals surface area contributed by atoms with Crippen molar-refractivity contribution in [2.75, 3.05) is 13.2 Å². The van der Waals surface area contributed by atoms with Crippen LogP contribution in [0.4, 0.5) is 0 Å². The highest BCUT2D eigenvalue weighted by Crippen LogP contribution is 2.24. The molecule has 0 amide bonds. The third-order valence-electron chi connectivity index (χ3n) is 2.65. The molecule has 82 valence electrons. The Hall–Kier alpha value is -1.02. The fourth-order valence-electron chi connectivity index (χ4n) is 1.75. The van der Waals surface area contributed by atoms with Gasteiger partial charge in [0.1, 0.15) is 5.75 Å². The third-order valence-corrected chi connectivity index (χ3v) is 2.65. The molecular formula is C13H18O2. The van der Waals surface area contributed by atoms with Crippen LogP contribution < -0.4 is 4.74 Å². The molecule has 1 unspecified atom stereocenters. The molecule has 0 bridgehead atoms. The van der Waals surface area contributed by atoms with Crippen LogP contribution in [0.5, 0.6) is 5.75 Å². The number of rotatable bonds is 5. The van der Waals surface area contributed by atoms with Gasteiger partial charge in [0, 0.05) is 0 Å². The lowest BCUT2D eigenvalue weighted by Gasteiger charge is -2.10. The van der Waals surface area contributed by atoms with Gasteiger partial charge in [-0.3, -0.25) is 0 Å². The molecule has 0 spiro atoms. The lowest BCUT2D eigenvalue weighted by molar-refractivity contribution is 0.335. The first-order valence-electron chi connectivity index (χ1n) is 5.63. The fraction of sp³-hybridized carbons (Fsp3) is 0.538. The van der Waals surface area contributed by atoms with Crippen molar-refractivity contribution in [2.24, 2.45) is 0 Å². The molecule has 0 N–H and O–H groups in total. The molecule has 1 atom stereocenters. The predicted octanol–water partition coefficient (Wildman–Crippen LogP) is 2.73. The average molecular weight is 206 g/mol. The molecule has 2 rings (SSSR count). The van der Waals surface area contributed by atoms with Crippen molar-refractivity contribution in [2.45, 2.75) is 32.8 Å². The molecule has 1 aromatic rings. The summed E-state index contributed by atoms with van der Waals surface area (Å²) in [7, 11) is 0. The SMILES string of the molecule is CCOc1ccc(C)cc1CCC1CO1. The summed E-state index contributed by atoms with van der Waals surface area (Å²) >= 11 is 0. The number of epoxide rings is 1. The molecule has 0 aliphatic carbocycles. The molecular weight excluding hydrogens is 188 g/mol. The maximum atomic E-state index is 5.60.